The van der Waals surface area contributed by atoms with E-state index in [1.807, 2.05) is 79.2 Å². The largest absolute Gasteiger partial charge is 0.330 e. The lowest BCUT2D eigenvalue weighted by atomic mass is 9.88. The van der Waals surface area contributed by atoms with Crippen LogP contribution in [0, 0.1) is 11.6 Å². The van der Waals surface area contributed by atoms with Gasteiger partial charge in [-0.15, -0.1) is 0 Å². The highest BCUT2D eigenvalue weighted by Gasteiger charge is 2.16. The number of halogens is 2. The molecule has 0 saturated carbocycles. The molecule has 3 aromatic carbocycles. The molecule has 44 heavy (non-hydrogen) atoms. The van der Waals surface area contributed by atoms with Gasteiger partial charge in [0.2, 0.25) is 12.4 Å². The van der Waals surface area contributed by atoms with Crippen LogP contribution in [0.5, 0.6) is 0 Å². The fourth-order valence-electron chi connectivity index (χ4n) is 4.48. The molecule has 0 atom stereocenters. The van der Waals surface area contributed by atoms with Crippen molar-refractivity contribution in [3.63, 3.8) is 0 Å². The van der Waals surface area contributed by atoms with E-state index in [9.17, 15) is 13.6 Å². The predicted octanol–water partition coefficient (Wildman–Crippen LogP) is 7.52. The molecule has 0 spiro atoms. The number of rotatable bonds is 13. The van der Waals surface area contributed by atoms with Crippen LogP contribution in [0.1, 0.15) is 29.2 Å². The van der Waals surface area contributed by atoms with Gasteiger partial charge >= 0.3 is 0 Å². The third-order valence-electron chi connectivity index (χ3n) is 6.79. The summed E-state index contributed by atoms with van der Waals surface area (Å²) in [7, 11) is 2.09. The van der Waals surface area contributed by atoms with Crippen LogP contribution < -0.4 is 10.0 Å². The number of hydrogen-bond donors (Lipinski definition) is 2. The van der Waals surface area contributed by atoms with Crippen molar-refractivity contribution in [1.29, 1.82) is 0 Å². The maximum Gasteiger partial charge on any atom is 0.241 e. The number of anilines is 2. The van der Waals surface area contributed by atoms with Gasteiger partial charge in [-0.2, -0.15) is 9.36 Å². The van der Waals surface area contributed by atoms with Gasteiger partial charge in [-0.25, -0.2) is 8.78 Å². The first-order valence-electron chi connectivity index (χ1n) is 14.0. The lowest BCUT2D eigenvalue weighted by Gasteiger charge is -2.22. The zero-order chi connectivity index (χ0) is 31.1. The van der Waals surface area contributed by atoms with E-state index in [2.05, 4.69) is 36.3 Å². The van der Waals surface area contributed by atoms with Gasteiger partial charge in [0.05, 0.1) is 0 Å². The summed E-state index contributed by atoms with van der Waals surface area (Å²) in [5.74, 6) is -0.0528. The van der Waals surface area contributed by atoms with Gasteiger partial charge in [-0.3, -0.25) is 15.1 Å². The molecule has 2 N–H and O–H groups in total. The SMILES string of the molecule is CN(CCc1ccccn1)CCC(c1ccc(F)cc1)c1ccc(F)cc1.CSNc1ccc(-c2nc(NC=O)ns2)cc1. The van der Waals surface area contributed by atoms with Gasteiger partial charge in [0.15, 0.2) is 0 Å². The van der Waals surface area contributed by atoms with Crippen molar-refractivity contribution in [2.24, 2.45) is 0 Å². The van der Waals surface area contributed by atoms with E-state index < -0.39 is 0 Å². The second kappa shape index (κ2) is 17.2. The third-order valence-corrected chi connectivity index (χ3v) is 7.99. The van der Waals surface area contributed by atoms with E-state index in [-0.39, 0.29) is 17.6 Å². The van der Waals surface area contributed by atoms with Crippen molar-refractivity contribution in [3.8, 4) is 10.6 Å². The number of amides is 1. The highest BCUT2D eigenvalue weighted by molar-refractivity contribution is 7.99. The minimum atomic E-state index is -0.246. The predicted molar refractivity (Wildman–Crippen MR) is 177 cm³/mol. The molecule has 11 heteroatoms. The Morgan fingerprint density at radius 3 is 2.14 bits per heavy atom. The minimum Gasteiger partial charge on any atom is -0.330 e. The molecule has 7 nitrogen and oxygen atoms in total. The molecular weight excluding hydrogens is 599 g/mol. The van der Waals surface area contributed by atoms with Gasteiger partial charge in [-0.05, 0) is 103 Å². The van der Waals surface area contributed by atoms with Crippen LogP contribution in [0.4, 0.5) is 20.4 Å². The average molecular weight is 633 g/mol. The van der Waals surface area contributed by atoms with Crippen LogP contribution in [-0.2, 0) is 11.2 Å². The first-order valence-corrected chi connectivity index (χ1v) is 16.0. The Hall–Kier alpha value is -4.19. The topological polar surface area (TPSA) is 83.0 Å². The molecule has 0 aliphatic carbocycles. The maximum absolute atomic E-state index is 13.3. The van der Waals surface area contributed by atoms with Crippen molar-refractivity contribution >= 4 is 41.5 Å². The Kier molecular flexibility index (Phi) is 12.8. The van der Waals surface area contributed by atoms with Crippen molar-refractivity contribution in [3.05, 3.63) is 126 Å². The Morgan fingerprint density at radius 2 is 1.57 bits per heavy atom. The summed E-state index contributed by atoms with van der Waals surface area (Å²) in [5, 5.41) is 3.20. The molecule has 5 rings (SSSR count). The third kappa shape index (κ3) is 10.2. The summed E-state index contributed by atoms with van der Waals surface area (Å²) in [4.78, 5) is 21.1. The summed E-state index contributed by atoms with van der Waals surface area (Å²) in [6.07, 6.45) is 6.12. The van der Waals surface area contributed by atoms with Crippen LogP contribution in [0.2, 0.25) is 0 Å². The molecule has 1 amide bonds. The lowest BCUT2D eigenvalue weighted by molar-refractivity contribution is -0.105. The average Bonchev–Trinajstić information content (AvgIpc) is 3.52. The highest BCUT2D eigenvalue weighted by atomic mass is 32.2. The number of carbonyl (C=O) groups is 1. The zero-order valence-electron chi connectivity index (χ0n) is 24.5. The quantitative estimate of drug-likeness (QED) is 0.103. The first kappa shape index (κ1) is 32.7. The van der Waals surface area contributed by atoms with Crippen LogP contribution in [0.25, 0.3) is 10.6 Å². The molecule has 228 valence electrons. The monoisotopic (exact) mass is 632 g/mol. The minimum absolute atomic E-state index is 0.100. The molecule has 2 heterocycles. The number of benzene rings is 3. The number of hydrogen-bond acceptors (Lipinski definition) is 8. The molecule has 0 unspecified atom stereocenters. The standard InChI is InChI=1S/C23H24F2N2.C10H10N4OS2/c1-27(16-13-22-4-2-3-15-26-22)17-14-23(18-5-9-20(24)10-6-18)19-7-11-21(25)12-8-19;1-16-13-8-4-2-7(3-5-8)9-12-10(11-6-15)14-17-9/h2-12,15,23H,13-14,16-17H2,1H3;2-6,13H,1H3,(H,11,14,15). The van der Waals surface area contributed by atoms with Crippen LogP contribution in [0.15, 0.2) is 97.2 Å². The van der Waals surface area contributed by atoms with E-state index in [0.717, 1.165) is 59.0 Å². The van der Waals surface area contributed by atoms with Gasteiger partial charge in [0, 0.05) is 48.3 Å². The fourth-order valence-corrected chi connectivity index (χ4v) is 5.49. The van der Waals surface area contributed by atoms with Crippen molar-refractivity contribution in [2.45, 2.75) is 18.8 Å². The Balaban J connectivity index is 0.000000223. The van der Waals surface area contributed by atoms with Crippen LogP contribution in [0.3, 0.4) is 0 Å². The number of nitrogens with one attached hydrogen (secondary N) is 2. The zero-order valence-corrected chi connectivity index (χ0v) is 26.1. The molecular formula is C33H34F2N6OS2. The molecule has 0 radical (unpaired) electrons. The number of nitrogens with zero attached hydrogens (tertiary/aromatic N) is 4. The second-order valence-corrected chi connectivity index (χ2v) is 11.3. The molecule has 0 aliphatic heterocycles. The normalized spacial score (nSPS) is 10.8. The van der Waals surface area contributed by atoms with Crippen LogP contribution in [-0.4, -0.2) is 52.0 Å². The van der Waals surface area contributed by atoms with Gasteiger partial charge in [0.1, 0.15) is 16.6 Å². The number of carbonyl (C=O) groups excluding carboxylic acids is 1. The first-order chi connectivity index (χ1) is 21.4. The van der Waals surface area contributed by atoms with Gasteiger partial charge < -0.3 is 9.62 Å². The smallest absolute Gasteiger partial charge is 0.241 e. The van der Waals surface area contributed by atoms with Crippen molar-refractivity contribution < 1.29 is 13.6 Å². The van der Waals surface area contributed by atoms with Crippen molar-refractivity contribution in [1.82, 2.24) is 19.2 Å². The molecule has 0 saturated heterocycles. The molecule has 5 aromatic rings. The van der Waals surface area contributed by atoms with Crippen molar-refractivity contribution in [2.75, 3.05) is 36.4 Å². The van der Waals surface area contributed by atoms with Gasteiger partial charge in [-0.1, -0.05) is 42.3 Å². The molecule has 2 aromatic heterocycles. The maximum atomic E-state index is 13.3. The highest BCUT2D eigenvalue weighted by Crippen LogP contribution is 2.29. The van der Waals surface area contributed by atoms with E-state index in [1.165, 1.54) is 35.8 Å². The summed E-state index contributed by atoms with van der Waals surface area (Å²) >= 11 is 2.80. The molecule has 0 aliphatic rings. The summed E-state index contributed by atoms with van der Waals surface area (Å²) in [6.45, 7) is 1.79. The Labute approximate surface area is 265 Å². The van der Waals surface area contributed by atoms with Crippen LogP contribution >= 0.6 is 23.5 Å². The Morgan fingerprint density at radius 1 is 0.909 bits per heavy atom. The number of pyridine rings is 1. The van der Waals surface area contributed by atoms with E-state index in [1.54, 1.807) is 11.9 Å². The number of likely N-dealkylation sites (N-methyl/N-ethyl adjacent to an activating group) is 1. The summed E-state index contributed by atoms with van der Waals surface area (Å²) in [5.41, 5.74) is 5.19. The number of aromatic nitrogens is 3. The van der Waals surface area contributed by atoms with E-state index >= 15 is 0 Å². The van der Waals surface area contributed by atoms with E-state index in [4.69, 9.17) is 0 Å². The second-order valence-electron chi connectivity index (χ2n) is 9.89. The molecule has 0 fully saturated rings. The summed E-state index contributed by atoms with van der Waals surface area (Å²) < 4.78 is 33.8. The molecule has 0 bridgehead atoms. The van der Waals surface area contributed by atoms with E-state index in [0.29, 0.717) is 12.4 Å². The lowest BCUT2D eigenvalue weighted by Crippen LogP contribution is -2.24. The van der Waals surface area contributed by atoms with Gasteiger partial charge in [0.25, 0.3) is 0 Å². The summed E-state index contributed by atoms with van der Waals surface area (Å²) in [6, 6.07) is 27.0. The fraction of sp³-hybridized carbons (Fsp3) is 0.212. The Bertz CT molecular complexity index is 1510.